The van der Waals surface area contributed by atoms with E-state index >= 15 is 0 Å². The maximum absolute atomic E-state index is 11.9. The van der Waals surface area contributed by atoms with Crippen LogP contribution in [0, 0.1) is 5.92 Å². The van der Waals surface area contributed by atoms with E-state index in [-0.39, 0.29) is 17.9 Å². The standard InChI is InChI=1S/C10H18N2O2/c1-7-3-8(6-14-7)10(13)12(2)9-4-11-5-9/h7-9,11H,3-6H2,1-2H3. The van der Waals surface area contributed by atoms with Crippen LogP contribution in [-0.2, 0) is 9.53 Å². The SMILES string of the molecule is CC1CC(C(=O)N(C)C2CNC2)CO1. The smallest absolute Gasteiger partial charge is 0.228 e. The van der Waals surface area contributed by atoms with Crippen LogP contribution < -0.4 is 5.32 Å². The highest BCUT2D eigenvalue weighted by Gasteiger charge is 2.34. The molecule has 2 aliphatic rings. The largest absolute Gasteiger partial charge is 0.378 e. The maximum atomic E-state index is 11.9. The first-order chi connectivity index (χ1) is 6.68. The number of nitrogens with one attached hydrogen (secondary N) is 1. The molecule has 0 aromatic carbocycles. The van der Waals surface area contributed by atoms with Gasteiger partial charge in [0.25, 0.3) is 0 Å². The van der Waals surface area contributed by atoms with Gasteiger partial charge < -0.3 is 15.0 Å². The van der Waals surface area contributed by atoms with Gasteiger partial charge in [0.1, 0.15) is 0 Å². The van der Waals surface area contributed by atoms with Crippen molar-refractivity contribution in [1.29, 1.82) is 0 Å². The summed E-state index contributed by atoms with van der Waals surface area (Å²) in [4.78, 5) is 13.8. The Bertz CT molecular complexity index is 224. The van der Waals surface area contributed by atoms with Crippen LogP contribution in [0.2, 0.25) is 0 Å². The molecule has 0 aromatic rings. The zero-order valence-corrected chi connectivity index (χ0v) is 8.82. The molecule has 0 saturated carbocycles. The second-order valence-electron chi connectivity index (χ2n) is 4.34. The molecule has 1 amide bonds. The van der Waals surface area contributed by atoms with Crippen molar-refractivity contribution in [1.82, 2.24) is 10.2 Å². The molecule has 0 bridgehead atoms. The van der Waals surface area contributed by atoms with E-state index in [1.807, 2.05) is 18.9 Å². The number of nitrogens with zero attached hydrogens (tertiary/aromatic N) is 1. The maximum Gasteiger partial charge on any atom is 0.228 e. The Kier molecular flexibility index (Phi) is 2.74. The lowest BCUT2D eigenvalue weighted by Crippen LogP contribution is -2.58. The summed E-state index contributed by atoms with van der Waals surface area (Å²) in [6.07, 6.45) is 1.13. The van der Waals surface area contributed by atoms with Gasteiger partial charge in [0, 0.05) is 20.1 Å². The monoisotopic (exact) mass is 198 g/mol. The molecule has 1 N–H and O–H groups in total. The number of amides is 1. The second-order valence-corrected chi connectivity index (χ2v) is 4.34. The summed E-state index contributed by atoms with van der Waals surface area (Å²) in [6, 6.07) is 0.401. The van der Waals surface area contributed by atoms with Crippen LogP contribution >= 0.6 is 0 Å². The third-order valence-corrected chi connectivity index (χ3v) is 3.20. The zero-order valence-electron chi connectivity index (χ0n) is 8.82. The highest BCUT2D eigenvalue weighted by atomic mass is 16.5. The molecule has 2 atom stereocenters. The Hall–Kier alpha value is -0.610. The van der Waals surface area contributed by atoms with Gasteiger partial charge in [-0.05, 0) is 13.3 Å². The average molecular weight is 198 g/mol. The summed E-state index contributed by atoms with van der Waals surface area (Å²) < 4.78 is 5.40. The van der Waals surface area contributed by atoms with Crippen molar-refractivity contribution in [3.8, 4) is 0 Å². The van der Waals surface area contributed by atoms with Crippen molar-refractivity contribution in [2.24, 2.45) is 5.92 Å². The molecule has 2 rings (SSSR count). The highest BCUT2D eigenvalue weighted by Crippen LogP contribution is 2.21. The van der Waals surface area contributed by atoms with Crippen LogP contribution in [0.4, 0.5) is 0 Å². The van der Waals surface area contributed by atoms with Crippen molar-refractivity contribution in [2.75, 3.05) is 26.7 Å². The van der Waals surface area contributed by atoms with Crippen LogP contribution in [0.1, 0.15) is 13.3 Å². The Balaban J connectivity index is 1.87. The van der Waals surface area contributed by atoms with Crippen LogP contribution in [0.15, 0.2) is 0 Å². The van der Waals surface area contributed by atoms with Gasteiger partial charge in [0.15, 0.2) is 0 Å². The molecular weight excluding hydrogens is 180 g/mol. The van der Waals surface area contributed by atoms with Gasteiger partial charge in [-0.15, -0.1) is 0 Å². The molecule has 2 saturated heterocycles. The second kappa shape index (κ2) is 3.87. The molecule has 0 radical (unpaired) electrons. The molecule has 2 aliphatic heterocycles. The fourth-order valence-electron chi connectivity index (χ4n) is 2.00. The molecule has 0 aromatic heterocycles. The average Bonchev–Trinajstić information content (AvgIpc) is 2.47. The molecule has 0 spiro atoms. The van der Waals surface area contributed by atoms with Gasteiger partial charge in [-0.25, -0.2) is 0 Å². The molecule has 4 nitrogen and oxygen atoms in total. The summed E-state index contributed by atoms with van der Waals surface area (Å²) in [5.74, 6) is 0.344. The third kappa shape index (κ3) is 1.77. The zero-order chi connectivity index (χ0) is 10.1. The van der Waals surface area contributed by atoms with Gasteiger partial charge in [0.2, 0.25) is 5.91 Å². The van der Waals surface area contributed by atoms with E-state index in [4.69, 9.17) is 4.74 Å². The van der Waals surface area contributed by atoms with E-state index in [9.17, 15) is 4.79 Å². The summed E-state index contributed by atoms with van der Waals surface area (Å²) in [6.45, 7) is 4.50. The topological polar surface area (TPSA) is 41.6 Å². The van der Waals surface area contributed by atoms with Crippen molar-refractivity contribution >= 4 is 5.91 Å². The van der Waals surface area contributed by atoms with Crippen LogP contribution in [-0.4, -0.2) is 49.7 Å². The fraction of sp³-hybridized carbons (Fsp3) is 0.900. The first kappa shape index (κ1) is 9.93. The Morgan fingerprint density at radius 2 is 2.21 bits per heavy atom. The summed E-state index contributed by atoms with van der Waals surface area (Å²) in [5.41, 5.74) is 0. The molecule has 14 heavy (non-hydrogen) atoms. The lowest BCUT2D eigenvalue weighted by Gasteiger charge is -2.36. The number of hydrogen-bond acceptors (Lipinski definition) is 3. The number of hydrogen-bond donors (Lipinski definition) is 1. The van der Waals surface area contributed by atoms with E-state index < -0.39 is 0 Å². The van der Waals surface area contributed by atoms with Crippen LogP contribution in [0.3, 0.4) is 0 Å². The lowest BCUT2D eigenvalue weighted by molar-refractivity contribution is -0.137. The molecular formula is C10H18N2O2. The quantitative estimate of drug-likeness (QED) is 0.670. The Labute approximate surface area is 84.6 Å². The van der Waals surface area contributed by atoms with E-state index in [0.717, 1.165) is 19.5 Å². The van der Waals surface area contributed by atoms with Gasteiger partial charge in [-0.3, -0.25) is 4.79 Å². The van der Waals surface area contributed by atoms with Gasteiger partial charge in [-0.2, -0.15) is 0 Å². The lowest BCUT2D eigenvalue weighted by atomic mass is 10.0. The fourth-order valence-corrected chi connectivity index (χ4v) is 2.00. The number of ether oxygens (including phenoxy) is 1. The van der Waals surface area contributed by atoms with Crippen molar-refractivity contribution < 1.29 is 9.53 Å². The Morgan fingerprint density at radius 3 is 2.64 bits per heavy atom. The Morgan fingerprint density at radius 1 is 1.50 bits per heavy atom. The van der Waals surface area contributed by atoms with Crippen LogP contribution in [0.5, 0.6) is 0 Å². The minimum Gasteiger partial charge on any atom is -0.378 e. The van der Waals surface area contributed by atoms with Crippen LogP contribution in [0.25, 0.3) is 0 Å². The van der Waals surface area contributed by atoms with E-state index in [1.165, 1.54) is 0 Å². The molecule has 2 heterocycles. The van der Waals surface area contributed by atoms with Crippen molar-refractivity contribution in [3.63, 3.8) is 0 Å². The summed E-state index contributed by atoms with van der Waals surface area (Å²) in [7, 11) is 1.90. The number of carbonyl (C=O) groups is 1. The van der Waals surface area contributed by atoms with Gasteiger partial charge >= 0.3 is 0 Å². The summed E-state index contributed by atoms with van der Waals surface area (Å²) >= 11 is 0. The third-order valence-electron chi connectivity index (χ3n) is 3.20. The normalized spacial score (nSPS) is 32.7. The predicted octanol–water partition coefficient (Wildman–Crippen LogP) is -0.158. The van der Waals surface area contributed by atoms with E-state index in [0.29, 0.717) is 12.6 Å². The molecule has 80 valence electrons. The number of rotatable bonds is 2. The highest BCUT2D eigenvalue weighted by molar-refractivity contribution is 5.79. The minimum absolute atomic E-state index is 0.0931. The number of carbonyl (C=O) groups excluding carboxylic acids is 1. The van der Waals surface area contributed by atoms with Gasteiger partial charge in [0.05, 0.1) is 24.7 Å². The van der Waals surface area contributed by atoms with E-state index in [2.05, 4.69) is 5.32 Å². The van der Waals surface area contributed by atoms with Crippen molar-refractivity contribution in [3.05, 3.63) is 0 Å². The first-order valence-electron chi connectivity index (χ1n) is 5.27. The first-order valence-corrected chi connectivity index (χ1v) is 5.27. The molecule has 2 fully saturated rings. The number of likely N-dealkylation sites (N-methyl/N-ethyl adjacent to an activating group) is 1. The van der Waals surface area contributed by atoms with E-state index in [1.54, 1.807) is 0 Å². The summed E-state index contributed by atoms with van der Waals surface area (Å²) in [5, 5.41) is 3.17. The van der Waals surface area contributed by atoms with Crippen molar-refractivity contribution in [2.45, 2.75) is 25.5 Å². The van der Waals surface area contributed by atoms with Gasteiger partial charge in [-0.1, -0.05) is 0 Å². The molecule has 2 unspecified atom stereocenters. The molecule has 4 heteroatoms. The minimum atomic E-state index is 0.0931. The molecule has 0 aliphatic carbocycles. The predicted molar refractivity (Wildman–Crippen MR) is 52.9 cm³/mol.